The van der Waals surface area contributed by atoms with Crippen LogP contribution in [0.1, 0.15) is 25.6 Å². The standard InChI is InChI=1S/C10H14ClN3O3/c1-7(11)8(15)13-10(2-4-16-5-3-10)9-12-6-17-14-9/h6-7H,2-5H2,1H3,(H,13,15). The maximum atomic E-state index is 11.7. The van der Waals surface area contributed by atoms with Gasteiger partial charge in [0.05, 0.1) is 0 Å². The number of hydrogen-bond acceptors (Lipinski definition) is 5. The quantitative estimate of drug-likeness (QED) is 0.813. The zero-order valence-electron chi connectivity index (χ0n) is 9.48. The molecule has 17 heavy (non-hydrogen) atoms. The summed E-state index contributed by atoms with van der Waals surface area (Å²) in [7, 11) is 0. The topological polar surface area (TPSA) is 77.3 Å². The number of nitrogens with one attached hydrogen (secondary N) is 1. The first-order valence-corrected chi connectivity index (χ1v) is 5.88. The van der Waals surface area contributed by atoms with E-state index in [-0.39, 0.29) is 5.91 Å². The van der Waals surface area contributed by atoms with Crippen molar-refractivity contribution < 1.29 is 14.1 Å². The highest BCUT2D eigenvalue weighted by Gasteiger charge is 2.40. The van der Waals surface area contributed by atoms with E-state index in [0.717, 1.165) is 0 Å². The Morgan fingerprint density at radius 3 is 2.82 bits per heavy atom. The Morgan fingerprint density at radius 1 is 1.59 bits per heavy atom. The molecule has 1 atom stereocenters. The Morgan fingerprint density at radius 2 is 2.29 bits per heavy atom. The molecule has 0 radical (unpaired) electrons. The predicted molar refractivity (Wildman–Crippen MR) is 59.5 cm³/mol. The van der Waals surface area contributed by atoms with Crippen molar-refractivity contribution in [3.8, 4) is 0 Å². The van der Waals surface area contributed by atoms with E-state index in [9.17, 15) is 4.79 Å². The van der Waals surface area contributed by atoms with Crippen LogP contribution in [0.4, 0.5) is 0 Å². The van der Waals surface area contributed by atoms with Gasteiger partial charge in [-0.2, -0.15) is 4.98 Å². The molecule has 0 saturated carbocycles. The molecule has 1 unspecified atom stereocenters. The molecule has 1 aliphatic rings. The molecule has 1 aromatic rings. The smallest absolute Gasteiger partial charge is 0.238 e. The van der Waals surface area contributed by atoms with Crippen LogP contribution in [-0.2, 0) is 15.1 Å². The van der Waals surface area contributed by atoms with Crippen LogP contribution in [0.5, 0.6) is 0 Å². The minimum atomic E-state index is -0.620. The van der Waals surface area contributed by atoms with Crippen molar-refractivity contribution in [2.45, 2.75) is 30.7 Å². The lowest BCUT2D eigenvalue weighted by Crippen LogP contribution is -2.51. The molecule has 6 nitrogen and oxygen atoms in total. The maximum absolute atomic E-state index is 11.7. The molecule has 2 heterocycles. The van der Waals surface area contributed by atoms with Crippen molar-refractivity contribution in [1.29, 1.82) is 0 Å². The van der Waals surface area contributed by atoms with Gasteiger partial charge in [0.15, 0.2) is 5.82 Å². The van der Waals surface area contributed by atoms with Crippen LogP contribution < -0.4 is 5.32 Å². The summed E-state index contributed by atoms with van der Waals surface area (Å²) in [6.07, 6.45) is 2.48. The van der Waals surface area contributed by atoms with E-state index in [2.05, 4.69) is 15.5 Å². The van der Waals surface area contributed by atoms with Crippen LogP contribution in [0, 0.1) is 0 Å². The average Bonchev–Trinajstić information content (AvgIpc) is 2.84. The van der Waals surface area contributed by atoms with Crippen molar-refractivity contribution in [2.75, 3.05) is 13.2 Å². The van der Waals surface area contributed by atoms with Gasteiger partial charge in [0, 0.05) is 26.1 Å². The lowest BCUT2D eigenvalue weighted by molar-refractivity contribution is -0.124. The molecule has 0 aromatic carbocycles. The fourth-order valence-electron chi connectivity index (χ4n) is 1.84. The highest BCUT2D eigenvalue weighted by molar-refractivity contribution is 6.30. The monoisotopic (exact) mass is 259 g/mol. The summed E-state index contributed by atoms with van der Waals surface area (Å²) in [6.45, 7) is 2.72. The van der Waals surface area contributed by atoms with Crippen LogP contribution in [0.2, 0.25) is 0 Å². The number of hydrogen-bond donors (Lipinski definition) is 1. The van der Waals surface area contributed by atoms with Gasteiger partial charge in [0.25, 0.3) is 0 Å². The van der Waals surface area contributed by atoms with Gasteiger partial charge >= 0.3 is 0 Å². The Bertz CT molecular complexity index is 374. The molecular formula is C10H14ClN3O3. The SMILES string of the molecule is CC(Cl)C(=O)NC1(c2ncon2)CCOCC1. The van der Waals surface area contributed by atoms with Crippen molar-refractivity contribution in [3.63, 3.8) is 0 Å². The minimum Gasteiger partial charge on any atom is -0.381 e. The van der Waals surface area contributed by atoms with Crippen LogP contribution in [0.3, 0.4) is 0 Å². The van der Waals surface area contributed by atoms with E-state index in [1.54, 1.807) is 6.92 Å². The van der Waals surface area contributed by atoms with Gasteiger partial charge in [0.2, 0.25) is 12.3 Å². The molecule has 1 amide bonds. The summed E-state index contributed by atoms with van der Waals surface area (Å²) in [4.78, 5) is 15.8. The third-order valence-electron chi connectivity index (χ3n) is 2.86. The molecule has 1 fully saturated rings. The first-order chi connectivity index (χ1) is 8.14. The molecular weight excluding hydrogens is 246 g/mol. The van der Waals surface area contributed by atoms with Gasteiger partial charge in [-0.05, 0) is 6.92 Å². The molecule has 1 N–H and O–H groups in total. The summed E-state index contributed by atoms with van der Waals surface area (Å²) in [6, 6.07) is 0. The second-order valence-corrected chi connectivity index (χ2v) is 4.71. The van der Waals surface area contributed by atoms with Crippen molar-refractivity contribution in [1.82, 2.24) is 15.5 Å². The van der Waals surface area contributed by atoms with E-state index in [4.69, 9.17) is 20.9 Å². The molecule has 2 rings (SSSR count). The molecule has 0 bridgehead atoms. The molecule has 0 aliphatic carbocycles. The zero-order valence-corrected chi connectivity index (χ0v) is 10.2. The molecule has 1 aliphatic heterocycles. The van der Waals surface area contributed by atoms with E-state index >= 15 is 0 Å². The van der Waals surface area contributed by atoms with Gasteiger partial charge in [-0.25, -0.2) is 0 Å². The van der Waals surface area contributed by atoms with E-state index in [0.29, 0.717) is 31.9 Å². The average molecular weight is 260 g/mol. The Labute approximate surface area is 104 Å². The molecule has 1 aromatic heterocycles. The zero-order chi connectivity index (χ0) is 12.3. The number of amides is 1. The highest BCUT2D eigenvalue weighted by Crippen LogP contribution is 2.29. The molecule has 7 heteroatoms. The summed E-state index contributed by atoms with van der Waals surface area (Å²) in [5.74, 6) is 0.241. The second-order valence-electron chi connectivity index (χ2n) is 4.05. The number of ether oxygens (including phenoxy) is 1. The van der Waals surface area contributed by atoms with Gasteiger partial charge in [0.1, 0.15) is 10.9 Å². The van der Waals surface area contributed by atoms with Crippen LogP contribution >= 0.6 is 11.6 Å². The summed E-state index contributed by atoms with van der Waals surface area (Å²) in [5.41, 5.74) is -0.620. The fraction of sp³-hybridized carbons (Fsp3) is 0.700. The Hall–Kier alpha value is -1.14. The number of rotatable bonds is 3. The maximum Gasteiger partial charge on any atom is 0.238 e. The Balaban J connectivity index is 2.21. The number of carbonyl (C=O) groups is 1. The van der Waals surface area contributed by atoms with E-state index < -0.39 is 10.9 Å². The van der Waals surface area contributed by atoms with Crippen molar-refractivity contribution in [3.05, 3.63) is 12.2 Å². The number of carbonyl (C=O) groups excluding carboxylic acids is 1. The van der Waals surface area contributed by atoms with Gasteiger partial charge in [-0.3, -0.25) is 4.79 Å². The lowest BCUT2D eigenvalue weighted by atomic mass is 9.89. The Kier molecular flexibility index (Phi) is 3.63. The van der Waals surface area contributed by atoms with E-state index in [1.807, 2.05) is 0 Å². The number of alkyl halides is 1. The predicted octanol–water partition coefficient (Wildman–Crippen LogP) is 0.819. The molecule has 1 saturated heterocycles. The molecule has 0 spiro atoms. The second kappa shape index (κ2) is 5.01. The number of aromatic nitrogens is 2. The van der Waals surface area contributed by atoms with Crippen LogP contribution in [0.25, 0.3) is 0 Å². The largest absolute Gasteiger partial charge is 0.381 e. The van der Waals surface area contributed by atoms with Gasteiger partial charge in [-0.15, -0.1) is 11.6 Å². The van der Waals surface area contributed by atoms with E-state index in [1.165, 1.54) is 6.39 Å². The number of nitrogens with zero attached hydrogens (tertiary/aromatic N) is 2. The van der Waals surface area contributed by atoms with Crippen molar-refractivity contribution in [2.24, 2.45) is 0 Å². The molecule has 94 valence electrons. The van der Waals surface area contributed by atoms with Crippen molar-refractivity contribution >= 4 is 17.5 Å². The van der Waals surface area contributed by atoms with Crippen LogP contribution in [-0.4, -0.2) is 34.6 Å². The first kappa shape index (κ1) is 12.3. The van der Waals surface area contributed by atoms with Crippen LogP contribution in [0.15, 0.2) is 10.9 Å². The fourth-order valence-corrected chi connectivity index (χ4v) is 1.90. The highest BCUT2D eigenvalue weighted by atomic mass is 35.5. The lowest BCUT2D eigenvalue weighted by Gasteiger charge is -2.35. The minimum absolute atomic E-state index is 0.238. The summed E-state index contributed by atoms with van der Waals surface area (Å²) >= 11 is 5.76. The number of halogens is 1. The summed E-state index contributed by atoms with van der Waals surface area (Å²) < 4.78 is 10.0. The third-order valence-corrected chi connectivity index (χ3v) is 3.06. The third kappa shape index (κ3) is 2.58. The first-order valence-electron chi connectivity index (χ1n) is 5.45. The summed E-state index contributed by atoms with van der Waals surface area (Å²) in [5, 5.41) is 6.13. The van der Waals surface area contributed by atoms with Gasteiger partial charge < -0.3 is 14.6 Å². The van der Waals surface area contributed by atoms with Gasteiger partial charge in [-0.1, -0.05) is 5.16 Å². The normalized spacial score (nSPS) is 20.8.